The van der Waals surface area contributed by atoms with Crippen LogP contribution >= 0.6 is 11.8 Å². The van der Waals surface area contributed by atoms with E-state index in [1.807, 2.05) is 43.8 Å². The largest absolute Gasteiger partial charge is 0.370 e. The van der Waals surface area contributed by atoms with Crippen LogP contribution in [0.1, 0.15) is 90.0 Å². The van der Waals surface area contributed by atoms with Crippen LogP contribution in [0.2, 0.25) is 0 Å². The molecule has 0 spiro atoms. The lowest BCUT2D eigenvalue weighted by Gasteiger charge is -2.25. The number of unbranched alkanes of at least 4 members (excludes halogenated alkanes) is 2. The average molecular weight is 999 g/mol. The van der Waals surface area contributed by atoms with Crippen molar-refractivity contribution in [2.45, 2.75) is 126 Å². The fourth-order valence-electron chi connectivity index (χ4n) is 8.31. The predicted octanol–water partition coefficient (Wildman–Crippen LogP) is -1.49. The van der Waals surface area contributed by atoms with Gasteiger partial charge in [-0.25, -0.2) is 10.3 Å². The number of aromatic amines is 1. The molecule has 2 aliphatic rings. The summed E-state index contributed by atoms with van der Waals surface area (Å²) in [5.41, 5.74) is 19.4. The van der Waals surface area contributed by atoms with E-state index in [2.05, 4.69) is 52.5 Å². The van der Waals surface area contributed by atoms with Gasteiger partial charge in [-0.2, -0.15) is 11.8 Å². The fraction of sp³-hybridized carbons (Fsp3) is 0.600. The molecule has 7 atom stereocenters. The molecule has 4 rings (SSSR count). The molecule has 0 radical (unpaired) electrons. The Morgan fingerprint density at radius 3 is 2.24 bits per heavy atom. The highest BCUT2D eigenvalue weighted by Gasteiger charge is 2.42. The van der Waals surface area contributed by atoms with Crippen molar-refractivity contribution >= 4 is 81.9 Å². The summed E-state index contributed by atoms with van der Waals surface area (Å²) in [7, 11) is 0. The molecule has 2 aliphatic heterocycles. The van der Waals surface area contributed by atoms with E-state index in [1.165, 1.54) is 5.48 Å². The van der Waals surface area contributed by atoms with E-state index in [4.69, 9.17) is 22.4 Å². The predicted molar refractivity (Wildman–Crippen MR) is 261 cm³/mol. The normalized spacial score (nSPS) is 17.7. The van der Waals surface area contributed by atoms with Crippen molar-refractivity contribution in [3.63, 3.8) is 0 Å². The summed E-state index contributed by atoms with van der Waals surface area (Å²) in [6.45, 7) is 3.04. The molecule has 3 heterocycles. The van der Waals surface area contributed by atoms with Crippen LogP contribution in [0.15, 0.2) is 35.5 Å². The summed E-state index contributed by atoms with van der Waals surface area (Å²) in [5.74, 6) is -5.48. The van der Waals surface area contributed by atoms with Crippen LogP contribution < -0.4 is 65.2 Å². The van der Waals surface area contributed by atoms with Gasteiger partial charge in [-0.3, -0.25) is 48.6 Å². The highest BCUT2D eigenvalue weighted by atomic mass is 32.2. The molecule has 1 unspecified atom stereocenters. The molecule has 24 nitrogen and oxygen atoms in total. The summed E-state index contributed by atoms with van der Waals surface area (Å²) in [5, 5.41) is 31.8. The number of nitrogens with two attached hydrogens (primary N) is 3. The van der Waals surface area contributed by atoms with E-state index in [0.29, 0.717) is 36.6 Å². The van der Waals surface area contributed by atoms with Gasteiger partial charge in [-0.15, -0.1) is 0 Å². The molecule has 25 heteroatoms. The number of nitrogens with zero attached hydrogens (tertiary/aromatic N) is 1. The number of aliphatic imine (C=N–C) groups is 1. The van der Waals surface area contributed by atoms with E-state index in [9.17, 15) is 43.2 Å². The Kier molecular flexibility index (Phi) is 23.0. The summed E-state index contributed by atoms with van der Waals surface area (Å²) < 4.78 is 0. The summed E-state index contributed by atoms with van der Waals surface area (Å²) in [4.78, 5) is 122. The molecule has 386 valence electrons. The van der Waals surface area contributed by atoms with Gasteiger partial charge in [0.2, 0.25) is 47.3 Å². The molecule has 10 amide bonds. The van der Waals surface area contributed by atoms with E-state index in [-0.39, 0.29) is 81.0 Å². The maximum absolute atomic E-state index is 14.0. The number of fused-ring (bicyclic) bond motifs is 2. The van der Waals surface area contributed by atoms with Crippen molar-refractivity contribution in [3.8, 4) is 0 Å². The first-order chi connectivity index (χ1) is 33.4. The molecule has 1 aromatic heterocycles. The number of hydrogen-bond donors (Lipinski definition) is 14. The minimum atomic E-state index is -1.28. The maximum Gasteiger partial charge on any atom is 0.315 e. The van der Waals surface area contributed by atoms with Gasteiger partial charge >= 0.3 is 6.03 Å². The van der Waals surface area contributed by atoms with E-state index in [1.54, 1.807) is 12.3 Å². The molecular weight excluding hydrogens is 929 g/mol. The number of aromatic nitrogens is 1. The number of carbonyl (C=O) groups excluding carboxylic acids is 9. The lowest BCUT2D eigenvalue weighted by molar-refractivity contribution is -0.137. The first-order valence-corrected chi connectivity index (χ1v) is 24.7. The molecule has 2 fully saturated rings. The van der Waals surface area contributed by atoms with Crippen LogP contribution in [-0.4, -0.2) is 137 Å². The van der Waals surface area contributed by atoms with Crippen LogP contribution in [-0.2, 0) is 44.8 Å². The highest BCUT2D eigenvalue weighted by molar-refractivity contribution is 8.00. The molecule has 70 heavy (non-hydrogen) atoms. The number of hydrogen-bond acceptors (Lipinski definition) is 12. The van der Waals surface area contributed by atoms with Crippen molar-refractivity contribution in [1.82, 2.24) is 53.0 Å². The summed E-state index contributed by atoms with van der Waals surface area (Å²) in [6, 6.07) is 3.91. The Morgan fingerprint density at radius 2 is 1.51 bits per heavy atom. The van der Waals surface area contributed by atoms with Crippen LogP contribution in [0.4, 0.5) is 4.79 Å². The number of guanidine groups is 1. The van der Waals surface area contributed by atoms with Crippen LogP contribution in [0.5, 0.6) is 0 Å². The number of amides is 10. The van der Waals surface area contributed by atoms with Crippen LogP contribution in [0.3, 0.4) is 0 Å². The Balaban J connectivity index is 1.26. The SMILES string of the molecule is CC(C)CC(CC(=O)NO)C(=O)N[C@@H](CCCN=C(N)N)C(=O)N[C@@H](Cc1c[nH]c2ccccc12)C(=O)NCC(=O)NCC(=O)N[C@@H](CCCCNC(=O)CCCC[C@@H]1SC[C@@H]2NC(=O)N[C@@H]21)C(N)=O. The van der Waals surface area contributed by atoms with Gasteiger partial charge in [0.05, 0.1) is 25.2 Å². The third-order valence-corrected chi connectivity index (χ3v) is 13.4. The zero-order valence-electron chi connectivity index (χ0n) is 39.7. The lowest BCUT2D eigenvalue weighted by Crippen LogP contribution is -2.56. The number of primary amides is 1. The first-order valence-electron chi connectivity index (χ1n) is 23.7. The molecule has 17 N–H and O–H groups in total. The number of carbonyl (C=O) groups is 9. The second-order valence-corrected chi connectivity index (χ2v) is 19.2. The highest BCUT2D eigenvalue weighted by Crippen LogP contribution is 2.33. The Hall–Kier alpha value is -6.63. The number of rotatable bonds is 31. The molecule has 2 saturated heterocycles. The van der Waals surface area contributed by atoms with Crippen molar-refractivity contribution in [2.75, 3.05) is 31.9 Å². The zero-order chi connectivity index (χ0) is 51.2. The molecule has 0 saturated carbocycles. The van der Waals surface area contributed by atoms with Gasteiger partial charge in [0.1, 0.15) is 18.1 Å². The Morgan fingerprint density at radius 1 is 0.786 bits per heavy atom. The van der Waals surface area contributed by atoms with Crippen LogP contribution in [0.25, 0.3) is 10.9 Å². The molecule has 2 aromatic rings. The quantitative estimate of drug-likeness (QED) is 0.0102. The average Bonchev–Trinajstić information content (AvgIpc) is 4.02. The molecule has 1 aromatic carbocycles. The number of hydroxylamine groups is 1. The lowest BCUT2D eigenvalue weighted by atomic mass is 9.92. The monoisotopic (exact) mass is 999 g/mol. The van der Waals surface area contributed by atoms with Crippen molar-refractivity contribution in [2.24, 2.45) is 34.0 Å². The number of thioether (sulfide) groups is 1. The van der Waals surface area contributed by atoms with Gasteiger partial charge in [0.25, 0.3) is 0 Å². The van der Waals surface area contributed by atoms with E-state index >= 15 is 0 Å². The second-order valence-electron chi connectivity index (χ2n) is 17.9. The third kappa shape index (κ3) is 19.0. The van der Waals surface area contributed by atoms with Crippen molar-refractivity contribution in [3.05, 3.63) is 36.0 Å². The second kappa shape index (κ2) is 28.8. The number of para-hydroxylation sites is 1. The summed E-state index contributed by atoms with van der Waals surface area (Å²) >= 11 is 1.83. The fourth-order valence-corrected chi connectivity index (χ4v) is 9.86. The van der Waals surface area contributed by atoms with Gasteiger partial charge in [-0.1, -0.05) is 38.5 Å². The Labute approximate surface area is 410 Å². The zero-order valence-corrected chi connectivity index (χ0v) is 40.6. The standard InChI is InChI=1S/C45H70N14O10S/c1-25(2)18-26(20-36(61)59-69)41(65)55-31(13-9-17-50-44(47)48)43(67)56-32(19-27-21-51-29-11-4-3-10-28(27)29)42(66)53-22-37(62)52-23-38(63)54-30(40(46)64)12-7-8-16-49-35(60)15-6-5-14-34-39-33(24-70-34)57-45(68)58-39/h3-4,10-11,21,25-26,30-34,39,51,69H,5-9,12-20,22-24H2,1-2H3,(H2,46,64)(H,49,60)(H,52,62)(H,53,66)(H,54,63)(H,55,65)(H,56,67)(H,59,61)(H4,47,48,50)(H2,57,58,68)/t26?,30-,31-,32-,33-,34-,39-/m0/s1. The molecule has 0 aliphatic carbocycles. The smallest absolute Gasteiger partial charge is 0.315 e. The van der Waals surface area contributed by atoms with Gasteiger partial charge in [-0.05, 0) is 68.9 Å². The van der Waals surface area contributed by atoms with Crippen molar-refractivity contribution < 1.29 is 48.4 Å². The number of H-pyrrole nitrogens is 1. The minimum absolute atomic E-state index is 0.0249. The summed E-state index contributed by atoms with van der Waals surface area (Å²) in [6.07, 6.45) is 5.85. The molecule has 0 bridgehead atoms. The number of urea groups is 1. The Bertz CT molecular complexity index is 2170. The first kappa shape index (κ1) is 56.0. The van der Waals surface area contributed by atoms with E-state index < -0.39 is 78.5 Å². The van der Waals surface area contributed by atoms with E-state index in [0.717, 1.165) is 35.9 Å². The van der Waals surface area contributed by atoms with Gasteiger partial charge in [0, 0.05) is 66.4 Å². The molecular formula is C45H70N14O10S. The minimum Gasteiger partial charge on any atom is -0.370 e. The van der Waals surface area contributed by atoms with Crippen LogP contribution in [0, 0.1) is 11.8 Å². The third-order valence-electron chi connectivity index (χ3n) is 11.9. The van der Waals surface area contributed by atoms with Gasteiger partial charge < -0.3 is 64.7 Å². The number of nitrogens with one attached hydrogen (secondary N) is 10. The number of benzene rings is 1. The van der Waals surface area contributed by atoms with Gasteiger partial charge in [0.15, 0.2) is 5.96 Å². The topological polar surface area (TPSA) is 388 Å². The van der Waals surface area contributed by atoms with Crippen molar-refractivity contribution in [1.29, 1.82) is 0 Å². The maximum atomic E-state index is 14.0.